The van der Waals surface area contributed by atoms with Crippen molar-refractivity contribution in [1.29, 1.82) is 0 Å². The summed E-state index contributed by atoms with van der Waals surface area (Å²) in [5, 5.41) is 2.90. The zero-order valence-electron chi connectivity index (χ0n) is 11.5. The van der Waals surface area contributed by atoms with Gasteiger partial charge in [-0.25, -0.2) is 0 Å². The van der Waals surface area contributed by atoms with E-state index >= 15 is 0 Å². The fourth-order valence-corrected chi connectivity index (χ4v) is 1.92. The van der Waals surface area contributed by atoms with Crippen molar-refractivity contribution in [2.24, 2.45) is 0 Å². The van der Waals surface area contributed by atoms with E-state index in [9.17, 15) is 4.79 Å². The molecule has 0 saturated heterocycles. The summed E-state index contributed by atoms with van der Waals surface area (Å²) in [4.78, 5) is 16.2. The Morgan fingerprint density at radius 2 is 2.15 bits per heavy atom. The molecule has 2 rings (SSSR count). The fraction of sp³-hybridized carbons (Fsp3) is 0.250. The van der Waals surface area contributed by atoms with Crippen LogP contribution in [-0.4, -0.2) is 24.5 Å². The number of amides is 1. The molecule has 0 fully saturated rings. The van der Waals surface area contributed by atoms with Gasteiger partial charge >= 0.3 is 0 Å². The Bertz CT molecular complexity index is 555. The normalized spacial score (nSPS) is 10.2. The van der Waals surface area contributed by atoms with Crippen molar-refractivity contribution in [3.8, 4) is 0 Å². The highest BCUT2D eigenvalue weighted by molar-refractivity contribution is 5.94. The molecule has 1 aromatic heterocycles. The van der Waals surface area contributed by atoms with Gasteiger partial charge in [0.05, 0.1) is 6.61 Å². The summed E-state index contributed by atoms with van der Waals surface area (Å²) < 4.78 is 5.06. The maximum Gasteiger partial charge on any atom is 0.251 e. The van der Waals surface area contributed by atoms with E-state index in [-0.39, 0.29) is 5.91 Å². The summed E-state index contributed by atoms with van der Waals surface area (Å²) in [5.41, 5.74) is 2.62. The van der Waals surface area contributed by atoms with Gasteiger partial charge in [0.15, 0.2) is 0 Å². The largest absolute Gasteiger partial charge is 0.380 e. The molecule has 1 aromatic carbocycles. The summed E-state index contributed by atoms with van der Waals surface area (Å²) in [6.07, 6.45) is 2.48. The number of rotatable bonds is 6. The number of carbonyl (C=O) groups excluding carboxylic acids is 1. The summed E-state index contributed by atoms with van der Waals surface area (Å²) >= 11 is 0. The lowest BCUT2D eigenvalue weighted by Crippen LogP contribution is -2.25. The van der Waals surface area contributed by atoms with E-state index in [1.54, 1.807) is 19.4 Å². The average Bonchev–Trinajstić information content (AvgIpc) is 2.49. The fourth-order valence-electron chi connectivity index (χ4n) is 1.92. The SMILES string of the molecule is COCc1cccc(C(=O)NCCc2ccccn2)c1. The molecule has 0 atom stereocenters. The Kier molecular flexibility index (Phi) is 5.26. The molecule has 0 aliphatic carbocycles. The van der Waals surface area contributed by atoms with E-state index in [0.717, 1.165) is 17.7 Å². The second-order valence-electron chi connectivity index (χ2n) is 4.46. The summed E-state index contributed by atoms with van der Waals surface area (Å²) in [6, 6.07) is 13.2. The van der Waals surface area contributed by atoms with Crippen molar-refractivity contribution >= 4 is 5.91 Å². The van der Waals surface area contributed by atoms with Gasteiger partial charge in [0, 0.05) is 37.5 Å². The van der Waals surface area contributed by atoms with Crippen LogP contribution in [0.3, 0.4) is 0 Å². The number of ether oxygens (including phenoxy) is 1. The molecule has 0 aliphatic rings. The lowest BCUT2D eigenvalue weighted by Gasteiger charge is -2.06. The molecule has 2 aromatic rings. The minimum Gasteiger partial charge on any atom is -0.380 e. The number of aromatic nitrogens is 1. The van der Waals surface area contributed by atoms with Gasteiger partial charge in [-0.1, -0.05) is 18.2 Å². The number of nitrogens with one attached hydrogen (secondary N) is 1. The monoisotopic (exact) mass is 270 g/mol. The predicted octanol–water partition coefficient (Wildman–Crippen LogP) is 2.20. The molecular formula is C16H18N2O2. The minimum absolute atomic E-state index is 0.0705. The van der Waals surface area contributed by atoms with Crippen LogP contribution in [0.4, 0.5) is 0 Å². The highest BCUT2D eigenvalue weighted by Crippen LogP contribution is 2.06. The van der Waals surface area contributed by atoms with E-state index < -0.39 is 0 Å². The molecule has 0 unspecified atom stereocenters. The van der Waals surface area contributed by atoms with Crippen LogP contribution >= 0.6 is 0 Å². The van der Waals surface area contributed by atoms with Crippen LogP contribution in [0.15, 0.2) is 48.7 Å². The quantitative estimate of drug-likeness (QED) is 0.875. The van der Waals surface area contributed by atoms with Gasteiger partial charge in [0.1, 0.15) is 0 Å². The minimum atomic E-state index is -0.0705. The van der Waals surface area contributed by atoms with Crippen molar-refractivity contribution in [1.82, 2.24) is 10.3 Å². The van der Waals surface area contributed by atoms with Crippen LogP contribution in [0.2, 0.25) is 0 Å². The van der Waals surface area contributed by atoms with Gasteiger partial charge in [-0.2, -0.15) is 0 Å². The average molecular weight is 270 g/mol. The summed E-state index contributed by atoms with van der Waals surface area (Å²) in [6.45, 7) is 1.08. The number of carbonyl (C=O) groups is 1. The highest BCUT2D eigenvalue weighted by atomic mass is 16.5. The molecule has 1 amide bonds. The van der Waals surface area contributed by atoms with Gasteiger partial charge < -0.3 is 10.1 Å². The third-order valence-corrected chi connectivity index (χ3v) is 2.89. The molecule has 4 heteroatoms. The summed E-state index contributed by atoms with van der Waals surface area (Å²) in [5.74, 6) is -0.0705. The number of methoxy groups -OCH3 is 1. The number of hydrogen-bond acceptors (Lipinski definition) is 3. The first-order chi connectivity index (χ1) is 9.79. The molecule has 0 radical (unpaired) electrons. The zero-order chi connectivity index (χ0) is 14.2. The Labute approximate surface area is 118 Å². The standard InChI is InChI=1S/C16H18N2O2/c1-20-12-13-5-4-6-14(11-13)16(19)18-10-8-15-7-2-3-9-17-15/h2-7,9,11H,8,10,12H2,1H3,(H,18,19). The maximum atomic E-state index is 12.0. The Balaban J connectivity index is 1.87. The Hall–Kier alpha value is -2.20. The molecule has 0 bridgehead atoms. The number of hydrogen-bond donors (Lipinski definition) is 1. The van der Waals surface area contributed by atoms with E-state index in [1.165, 1.54) is 0 Å². The number of pyridine rings is 1. The van der Waals surface area contributed by atoms with Crippen LogP contribution in [0, 0.1) is 0 Å². The van der Waals surface area contributed by atoms with Crippen molar-refractivity contribution in [3.05, 3.63) is 65.5 Å². The summed E-state index contributed by atoms with van der Waals surface area (Å²) in [7, 11) is 1.64. The van der Waals surface area contributed by atoms with E-state index in [4.69, 9.17) is 4.74 Å². The third-order valence-electron chi connectivity index (χ3n) is 2.89. The van der Waals surface area contributed by atoms with Crippen molar-refractivity contribution in [3.63, 3.8) is 0 Å². The lowest BCUT2D eigenvalue weighted by atomic mass is 10.1. The first-order valence-electron chi connectivity index (χ1n) is 6.55. The van der Waals surface area contributed by atoms with Crippen LogP contribution < -0.4 is 5.32 Å². The Morgan fingerprint density at radius 3 is 2.90 bits per heavy atom. The highest BCUT2D eigenvalue weighted by Gasteiger charge is 2.05. The lowest BCUT2D eigenvalue weighted by molar-refractivity contribution is 0.0953. The second-order valence-corrected chi connectivity index (χ2v) is 4.46. The molecule has 1 N–H and O–H groups in total. The predicted molar refractivity (Wildman–Crippen MR) is 77.4 cm³/mol. The first kappa shape index (κ1) is 14.2. The van der Waals surface area contributed by atoms with Gasteiger partial charge in [-0.05, 0) is 29.8 Å². The molecule has 0 spiro atoms. The van der Waals surface area contributed by atoms with E-state index in [0.29, 0.717) is 18.7 Å². The van der Waals surface area contributed by atoms with Crippen molar-refractivity contribution in [2.45, 2.75) is 13.0 Å². The molecule has 20 heavy (non-hydrogen) atoms. The van der Waals surface area contributed by atoms with Crippen molar-refractivity contribution in [2.75, 3.05) is 13.7 Å². The Morgan fingerprint density at radius 1 is 1.25 bits per heavy atom. The zero-order valence-corrected chi connectivity index (χ0v) is 11.5. The van der Waals surface area contributed by atoms with Gasteiger partial charge in [-0.3, -0.25) is 9.78 Å². The topological polar surface area (TPSA) is 51.2 Å². The maximum absolute atomic E-state index is 12.0. The molecule has 104 valence electrons. The second kappa shape index (κ2) is 7.40. The van der Waals surface area contributed by atoms with Crippen LogP contribution in [0.25, 0.3) is 0 Å². The van der Waals surface area contributed by atoms with Crippen LogP contribution in [-0.2, 0) is 17.8 Å². The van der Waals surface area contributed by atoms with Gasteiger partial charge in [0.25, 0.3) is 5.91 Å². The van der Waals surface area contributed by atoms with Crippen LogP contribution in [0.5, 0.6) is 0 Å². The van der Waals surface area contributed by atoms with E-state index in [1.807, 2.05) is 36.4 Å². The third kappa shape index (κ3) is 4.17. The van der Waals surface area contributed by atoms with Crippen molar-refractivity contribution < 1.29 is 9.53 Å². The number of benzene rings is 1. The van der Waals surface area contributed by atoms with Crippen LogP contribution in [0.1, 0.15) is 21.6 Å². The molecule has 0 aliphatic heterocycles. The number of nitrogens with zero attached hydrogens (tertiary/aromatic N) is 1. The molecule has 4 nitrogen and oxygen atoms in total. The smallest absolute Gasteiger partial charge is 0.251 e. The molecule has 1 heterocycles. The molecule has 0 saturated carbocycles. The van der Waals surface area contributed by atoms with E-state index in [2.05, 4.69) is 10.3 Å². The first-order valence-corrected chi connectivity index (χ1v) is 6.55. The van der Waals surface area contributed by atoms with Gasteiger partial charge in [0.2, 0.25) is 0 Å². The molecular weight excluding hydrogens is 252 g/mol. The van der Waals surface area contributed by atoms with Gasteiger partial charge in [-0.15, -0.1) is 0 Å².